The number of hydrogen-bond donors (Lipinski definition) is 1. The molecule has 32 heavy (non-hydrogen) atoms. The second-order valence-corrected chi connectivity index (χ2v) is 9.83. The Morgan fingerprint density at radius 2 is 1.78 bits per heavy atom. The molecule has 2 aromatic carbocycles. The van der Waals surface area contributed by atoms with Crippen LogP contribution in [0.2, 0.25) is 0 Å². The first kappa shape index (κ1) is 22.5. The zero-order chi connectivity index (χ0) is 22.9. The zero-order valence-electron chi connectivity index (χ0n) is 18.1. The number of halogens is 1. The third kappa shape index (κ3) is 4.45. The zero-order valence-corrected chi connectivity index (χ0v) is 19.0. The Morgan fingerprint density at radius 1 is 1.09 bits per heavy atom. The van der Waals surface area contributed by atoms with E-state index in [1.165, 1.54) is 6.07 Å². The van der Waals surface area contributed by atoms with Crippen molar-refractivity contribution in [3.8, 4) is 11.5 Å². The Hall–Kier alpha value is -2.65. The lowest BCUT2D eigenvalue weighted by atomic mass is 10.0. The summed E-state index contributed by atoms with van der Waals surface area (Å²) < 4.78 is 52.5. The minimum Gasteiger partial charge on any atom is -0.486 e. The average Bonchev–Trinajstić information content (AvgIpc) is 3.63. The maximum Gasteiger partial charge on any atom is 0.251 e. The van der Waals surface area contributed by atoms with Gasteiger partial charge in [0.1, 0.15) is 23.9 Å². The predicted octanol–water partition coefficient (Wildman–Crippen LogP) is 3.51. The van der Waals surface area contributed by atoms with Crippen LogP contribution in [-0.2, 0) is 10.0 Å². The second-order valence-electron chi connectivity index (χ2n) is 7.93. The molecule has 0 bridgehead atoms. The molecule has 1 heterocycles. The first-order valence-electron chi connectivity index (χ1n) is 10.8. The Labute approximate surface area is 187 Å². The lowest BCUT2D eigenvalue weighted by Crippen LogP contribution is -2.32. The Kier molecular flexibility index (Phi) is 6.39. The van der Waals surface area contributed by atoms with Crippen molar-refractivity contribution in [2.75, 3.05) is 26.3 Å². The molecule has 0 spiro atoms. The van der Waals surface area contributed by atoms with Crippen LogP contribution in [0.25, 0.3) is 0 Å². The molecule has 1 amide bonds. The van der Waals surface area contributed by atoms with Crippen LogP contribution in [-0.4, -0.2) is 44.9 Å². The molecule has 7 nitrogen and oxygen atoms in total. The minimum absolute atomic E-state index is 0.0975. The van der Waals surface area contributed by atoms with Crippen molar-refractivity contribution in [3.63, 3.8) is 0 Å². The summed E-state index contributed by atoms with van der Waals surface area (Å²) in [7, 11) is -4.03. The first-order valence-corrected chi connectivity index (χ1v) is 12.3. The molecule has 1 saturated carbocycles. The number of rotatable bonds is 8. The highest BCUT2D eigenvalue weighted by atomic mass is 32.2. The monoisotopic (exact) mass is 462 g/mol. The van der Waals surface area contributed by atoms with Gasteiger partial charge in [-0.25, -0.2) is 12.8 Å². The highest BCUT2D eigenvalue weighted by Crippen LogP contribution is 2.43. The van der Waals surface area contributed by atoms with E-state index in [2.05, 4.69) is 5.32 Å². The van der Waals surface area contributed by atoms with Crippen molar-refractivity contribution in [1.82, 2.24) is 9.62 Å². The summed E-state index contributed by atoms with van der Waals surface area (Å²) in [5.74, 6) is 0.265. The number of fused-ring (bicyclic) bond motifs is 1. The molecule has 4 rings (SSSR count). The van der Waals surface area contributed by atoms with Crippen molar-refractivity contribution in [2.45, 2.75) is 37.6 Å². The number of carbonyl (C=O) groups is 1. The van der Waals surface area contributed by atoms with Gasteiger partial charge in [0.2, 0.25) is 10.0 Å². The lowest BCUT2D eigenvalue weighted by Gasteiger charge is -2.23. The molecule has 0 aromatic heterocycles. The standard InChI is InChI=1S/C23H27FN2O5S/c1-3-26(4-2)32(28,29)21-14-17(7-9-18(21)24)23(27)25-22(15-5-6-15)16-8-10-19-20(13-16)31-12-11-30-19/h7-10,13-15,22H,3-6,11-12H2,1-2H3,(H,25,27). The van der Waals surface area contributed by atoms with Gasteiger partial charge >= 0.3 is 0 Å². The number of ether oxygens (including phenoxy) is 2. The van der Waals surface area contributed by atoms with E-state index >= 15 is 0 Å². The largest absolute Gasteiger partial charge is 0.486 e. The van der Waals surface area contributed by atoms with E-state index in [1.54, 1.807) is 13.8 Å². The van der Waals surface area contributed by atoms with Crippen molar-refractivity contribution < 1.29 is 27.1 Å². The summed E-state index contributed by atoms with van der Waals surface area (Å²) in [6.07, 6.45) is 1.95. The number of sulfonamides is 1. The molecular formula is C23H27FN2O5S. The Bertz CT molecular complexity index is 1110. The number of benzene rings is 2. The predicted molar refractivity (Wildman–Crippen MR) is 117 cm³/mol. The lowest BCUT2D eigenvalue weighted by molar-refractivity contribution is 0.0931. The fraction of sp³-hybridized carbons (Fsp3) is 0.435. The molecule has 2 aliphatic rings. The van der Waals surface area contributed by atoms with Crippen LogP contribution < -0.4 is 14.8 Å². The third-order valence-corrected chi connectivity index (χ3v) is 7.89. The molecule has 1 unspecified atom stereocenters. The van der Waals surface area contributed by atoms with Crippen molar-refractivity contribution in [2.24, 2.45) is 5.92 Å². The molecule has 9 heteroatoms. The molecule has 2 aromatic rings. The fourth-order valence-electron chi connectivity index (χ4n) is 3.93. The van der Waals surface area contributed by atoms with Crippen molar-refractivity contribution in [3.05, 3.63) is 53.3 Å². The maximum atomic E-state index is 14.4. The van der Waals surface area contributed by atoms with Crippen LogP contribution in [0, 0.1) is 11.7 Å². The molecule has 0 saturated heterocycles. The van der Waals surface area contributed by atoms with E-state index in [0.29, 0.717) is 24.7 Å². The van der Waals surface area contributed by atoms with Crippen molar-refractivity contribution in [1.29, 1.82) is 0 Å². The quantitative estimate of drug-likeness (QED) is 0.649. The molecule has 1 fully saturated rings. The number of hydrogen-bond acceptors (Lipinski definition) is 5. The van der Waals surface area contributed by atoms with Gasteiger partial charge in [-0.3, -0.25) is 4.79 Å². The molecule has 1 aliphatic heterocycles. The van der Waals surface area contributed by atoms with Crippen LogP contribution in [0.15, 0.2) is 41.3 Å². The highest BCUT2D eigenvalue weighted by molar-refractivity contribution is 7.89. The number of nitrogens with one attached hydrogen (secondary N) is 1. The number of amides is 1. The van der Waals surface area contributed by atoms with E-state index in [9.17, 15) is 17.6 Å². The van der Waals surface area contributed by atoms with Gasteiger partial charge in [0.25, 0.3) is 5.91 Å². The van der Waals surface area contributed by atoms with Gasteiger partial charge in [-0.1, -0.05) is 19.9 Å². The SMILES string of the molecule is CCN(CC)S(=O)(=O)c1cc(C(=O)NC(c2ccc3c(c2)OCCO3)C2CC2)ccc1F. The van der Waals surface area contributed by atoms with Gasteiger partial charge in [0, 0.05) is 18.7 Å². The van der Waals surface area contributed by atoms with Crippen LogP contribution >= 0.6 is 0 Å². The van der Waals surface area contributed by atoms with Gasteiger partial charge in [0.05, 0.1) is 6.04 Å². The van der Waals surface area contributed by atoms with Gasteiger partial charge in [-0.05, 0) is 54.7 Å². The van der Waals surface area contributed by atoms with E-state index < -0.39 is 26.6 Å². The van der Waals surface area contributed by atoms with Crippen molar-refractivity contribution >= 4 is 15.9 Å². The first-order chi connectivity index (χ1) is 15.3. The van der Waals surface area contributed by atoms with Crippen LogP contribution in [0.4, 0.5) is 4.39 Å². The van der Waals surface area contributed by atoms with E-state index in [0.717, 1.165) is 34.8 Å². The highest BCUT2D eigenvalue weighted by Gasteiger charge is 2.35. The topological polar surface area (TPSA) is 84.9 Å². The van der Waals surface area contributed by atoms with Gasteiger partial charge in [0.15, 0.2) is 11.5 Å². The molecule has 1 N–H and O–H groups in total. The normalized spacial score (nSPS) is 16.6. The minimum atomic E-state index is -4.03. The van der Waals surface area contributed by atoms with Crippen LogP contribution in [0.3, 0.4) is 0 Å². The Balaban J connectivity index is 1.60. The van der Waals surface area contributed by atoms with E-state index in [4.69, 9.17) is 9.47 Å². The summed E-state index contributed by atoms with van der Waals surface area (Å²) in [6.45, 7) is 4.76. The summed E-state index contributed by atoms with van der Waals surface area (Å²) >= 11 is 0. The molecule has 0 radical (unpaired) electrons. The molecule has 172 valence electrons. The smallest absolute Gasteiger partial charge is 0.251 e. The number of nitrogens with zero attached hydrogens (tertiary/aromatic N) is 1. The van der Waals surface area contributed by atoms with E-state index in [-0.39, 0.29) is 30.6 Å². The Morgan fingerprint density at radius 3 is 2.44 bits per heavy atom. The fourth-order valence-corrected chi connectivity index (χ4v) is 5.47. The summed E-state index contributed by atoms with van der Waals surface area (Å²) in [6, 6.07) is 8.80. The average molecular weight is 463 g/mol. The summed E-state index contributed by atoms with van der Waals surface area (Å²) in [5.41, 5.74) is 0.989. The van der Waals surface area contributed by atoms with Crippen LogP contribution in [0.1, 0.15) is 48.7 Å². The molecule has 1 aliphatic carbocycles. The second kappa shape index (κ2) is 9.07. The van der Waals surface area contributed by atoms with Gasteiger partial charge < -0.3 is 14.8 Å². The maximum absolute atomic E-state index is 14.4. The van der Waals surface area contributed by atoms with Crippen LogP contribution in [0.5, 0.6) is 11.5 Å². The van der Waals surface area contributed by atoms with E-state index in [1.807, 2.05) is 18.2 Å². The third-order valence-electron chi connectivity index (χ3n) is 5.82. The summed E-state index contributed by atoms with van der Waals surface area (Å²) in [5, 5.41) is 3.01. The van der Waals surface area contributed by atoms with Gasteiger partial charge in [-0.2, -0.15) is 4.31 Å². The number of carbonyl (C=O) groups excluding carboxylic acids is 1. The molecular weight excluding hydrogens is 435 g/mol. The van der Waals surface area contributed by atoms with Gasteiger partial charge in [-0.15, -0.1) is 0 Å². The molecule has 1 atom stereocenters. The summed E-state index contributed by atoms with van der Waals surface area (Å²) in [4.78, 5) is 12.6.